The lowest BCUT2D eigenvalue weighted by atomic mass is 9.95. The van der Waals surface area contributed by atoms with Crippen molar-refractivity contribution in [2.75, 3.05) is 13.7 Å². The quantitative estimate of drug-likeness (QED) is 0.149. The van der Waals surface area contributed by atoms with E-state index in [-0.39, 0.29) is 11.7 Å². The highest BCUT2D eigenvalue weighted by Crippen LogP contribution is 2.33. The third-order valence-corrected chi connectivity index (χ3v) is 7.85. The first kappa shape index (κ1) is 31.1. The molecule has 1 aliphatic rings. The molecule has 11 heteroatoms. The van der Waals surface area contributed by atoms with E-state index in [2.05, 4.69) is 10.3 Å². The molecule has 1 aromatic heterocycles. The highest BCUT2D eigenvalue weighted by Gasteiger charge is 2.35. The van der Waals surface area contributed by atoms with Gasteiger partial charge in [-0.05, 0) is 85.8 Å². The Balaban J connectivity index is 1.38. The number of halogens is 3. The van der Waals surface area contributed by atoms with Crippen LogP contribution in [0.3, 0.4) is 0 Å². The molecule has 2 unspecified atom stereocenters. The number of carbonyl (C=O) groups is 2. The second-order valence-corrected chi connectivity index (χ2v) is 10.9. The van der Waals surface area contributed by atoms with Crippen LogP contribution in [0, 0.1) is 0 Å². The molecule has 1 amide bonds. The number of carbonyl (C=O) groups excluding carboxylic acids is 2. The number of hydrogen-bond acceptors (Lipinski definition) is 6. The maximum atomic E-state index is 13.8. The van der Waals surface area contributed by atoms with Gasteiger partial charge in [-0.3, -0.25) is 9.69 Å². The number of para-hydroxylation sites is 1. The molecule has 0 aliphatic carbocycles. The molecule has 3 aromatic carbocycles. The Morgan fingerprint density at radius 2 is 1.82 bits per heavy atom. The summed E-state index contributed by atoms with van der Waals surface area (Å²) in [6.45, 7) is 1.33. The molecule has 0 fully saturated rings. The third-order valence-electron chi connectivity index (χ3n) is 7.85. The SMILES string of the molecule is COC(=O)C(CCCCN)NC(=O)C1Cc2c([nH]c3ccccc23)CN1Cc1cccc(Oc2ccc(C(F)(F)F)cc2)c1. The molecule has 0 radical (unpaired) electrons. The van der Waals surface area contributed by atoms with Gasteiger partial charge in [-0.25, -0.2) is 4.79 Å². The maximum Gasteiger partial charge on any atom is 0.416 e. The van der Waals surface area contributed by atoms with E-state index < -0.39 is 29.8 Å². The van der Waals surface area contributed by atoms with Gasteiger partial charge in [0.2, 0.25) is 5.91 Å². The number of H-pyrrole nitrogens is 1. The standard InChI is InChI=1S/C33H35F3N4O4/c1-43-32(42)28(11-4-5-16-37)39-31(41)30-18-26-25-9-2-3-10-27(25)38-29(26)20-40(30)19-21-7-6-8-24(17-21)44-23-14-12-22(13-15-23)33(34,35)36/h2-3,6-10,12-15,17,28,30,38H,4-5,11,16,18-20,37H2,1H3,(H,39,41). The molecule has 4 aromatic rings. The predicted molar refractivity (Wildman–Crippen MR) is 160 cm³/mol. The fourth-order valence-electron chi connectivity index (χ4n) is 5.63. The van der Waals surface area contributed by atoms with Gasteiger partial charge in [0.1, 0.15) is 17.5 Å². The second kappa shape index (κ2) is 13.5. The van der Waals surface area contributed by atoms with Gasteiger partial charge in [0, 0.05) is 29.7 Å². The molecule has 44 heavy (non-hydrogen) atoms. The number of rotatable bonds is 11. The first-order chi connectivity index (χ1) is 21.2. The summed E-state index contributed by atoms with van der Waals surface area (Å²) >= 11 is 0. The van der Waals surface area contributed by atoms with Gasteiger partial charge in [-0.15, -0.1) is 0 Å². The molecule has 0 bridgehead atoms. The second-order valence-electron chi connectivity index (χ2n) is 10.9. The summed E-state index contributed by atoms with van der Waals surface area (Å²) in [7, 11) is 1.30. The lowest BCUT2D eigenvalue weighted by Crippen LogP contribution is -2.53. The molecule has 2 atom stereocenters. The van der Waals surface area contributed by atoms with Gasteiger partial charge in [0.15, 0.2) is 0 Å². The van der Waals surface area contributed by atoms with E-state index in [1.54, 1.807) is 18.2 Å². The summed E-state index contributed by atoms with van der Waals surface area (Å²) in [4.78, 5) is 31.9. The zero-order valence-corrected chi connectivity index (χ0v) is 24.3. The van der Waals surface area contributed by atoms with Crippen molar-refractivity contribution in [3.05, 3.63) is 95.2 Å². The summed E-state index contributed by atoms with van der Waals surface area (Å²) in [6, 6.07) is 18.3. The Morgan fingerprint density at radius 3 is 2.55 bits per heavy atom. The molecular formula is C33H35F3N4O4. The fraction of sp³-hybridized carbons (Fsp3) is 0.333. The average Bonchev–Trinajstić information content (AvgIpc) is 3.37. The number of amides is 1. The Morgan fingerprint density at radius 1 is 1.05 bits per heavy atom. The van der Waals surface area contributed by atoms with Crippen LogP contribution in [0.25, 0.3) is 10.9 Å². The molecule has 5 rings (SSSR count). The van der Waals surface area contributed by atoms with Crippen molar-refractivity contribution >= 4 is 22.8 Å². The first-order valence-electron chi connectivity index (χ1n) is 14.5. The number of nitrogens with one attached hydrogen (secondary N) is 2. The van der Waals surface area contributed by atoms with Crippen LogP contribution in [-0.2, 0) is 40.0 Å². The number of esters is 1. The summed E-state index contributed by atoms with van der Waals surface area (Å²) < 4.78 is 49.7. The maximum absolute atomic E-state index is 13.8. The summed E-state index contributed by atoms with van der Waals surface area (Å²) in [6.07, 6.45) is -2.18. The van der Waals surface area contributed by atoms with Crippen molar-refractivity contribution in [2.45, 2.75) is 57.0 Å². The van der Waals surface area contributed by atoms with Crippen molar-refractivity contribution in [3.63, 3.8) is 0 Å². The lowest BCUT2D eigenvalue weighted by molar-refractivity contribution is -0.146. The number of alkyl halides is 3. The Hall–Kier alpha value is -4.35. The minimum Gasteiger partial charge on any atom is -0.467 e. The summed E-state index contributed by atoms with van der Waals surface area (Å²) in [5.41, 5.74) is 8.78. The Kier molecular flexibility index (Phi) is 9.55. The van der Waals surface area contributed by atoms with Crippen molar-refractivity contribution < 1.29 is 32.2 Å². The van der Waals surface area contributed by atoms with Crippen LogP contribution in [0.15, 0.2) is 72.8 Å². The van der Waals surface area contributed by atoms with Crippen LogP contribution < -0.4 is 15.8 Å². The van der Waals surface area contributed by atoms with Crippen LogP contribution in [0.4, 0.5) is 13.2 Å². The van der Waals surface area contributed by atoms with E-state index in [4.69, 9.17) is 15.2 Å². The van der Waals surface area contributed by atoms with E-state index in [0.717, 1.165) is 46.3 Å². The van der Waals surface area contributed by atoms with Gasteiger partial charge in [-0.1, -0.05) is 30.3 Å². The summed E-state index contributed by atoms with van der Waals surface area (Å²) in [5, 5.41) is 3.99. The molecule has 8 nitrogen and oxygen atoms in total. The number of methoxy groups -OCH3 is 1. The molecule has 0 spiro atoms. The molecular weight excluding hydrogens is 573 g/mol. The van der Waals surface area contributed by atoms with Gasteiger partial charge in [-0.2, -0.15) is 13.2 Å². The number of aromatic nitrogens is 1. The van der Waals surface area contributed by atoms with E-state index in [9.17, 15) is 22.8 Å². The molecule has 2 heterocycles. The third kappa shape index (κ3) is 7.23. The number of ether oxygens (including phenoxy) is 2. The first-order valence-corrected chi connectivity index (χ1v) is 14.5. The number of nitrogens with two attached hydrogens (primary N) is 1. The minimum atomic E-state index is -4.43. The number of unbranched alkanes of at least 4 members (excludes halogenated alkanes) is 1. The van der Waals surface area contributed by atoms with Gasteiger partial charge in [0.05, 0.1) is 18.7 Å². The van der Waals surface area contributed by atoms with E-state index in [0.29, 0.717) is 44.6 Å². The normalized spacial score (nSPS) is 15.9. The van der Waals surface area contributed by atoms with E-state index in [1.807, 2.05) is 35.2 Å². The van der Waals surface area contributed by atoms with E-state index >= 15 is 0 Å². The molecule has 0 saturated heterocycles. The molecule has 1 aliphatic heterocycles. The summed E-state index contributed by atoms with van der Waals surface area (Å²) in [5.74, 6) is -0.0475. The van der Waals surface area contributed by atoms with Crippen LogP contribution in [0.1, 0.15) is 41.6 Å². The zero-order valence-electron chi connectivity index (χ0n) is 24.3. The highest BCUT2D eigenvalue weighted by atomic mass is 19.4. The Labute approximate surface area is 253 Å². The monoisotopic (exact) mass is 608 g/mol. The van der Waals surface area contributed by atoms with Crippen LogP contribution in [0.2, 0.25) is 0 Å². The lowest BCUT2D eigenvalue weighted by Gasteiger charge is -2.35. The number of fused-ring (bicyclic) bond motifs is 3. The van der Waals surface area contributed by atoms with E-state index in [1.165, 1.54) is 19.2 Å². The smallest absolute Gasteiger partial charge is 0.416 e. The largest absolute Gasteiger partial charge is 0.467 e. The van der Waals surface area contributed by atoms with Crippen LogP contribution >= 0.6 is 0 Å². The topological polar surface area (TPSA) is 110 Å². The average molecular weight is 609 g/mol. The number of nitrogens with zero attached hydrogens (tertiary/aromatic N) is 1. The number of hydrogen-bond donors (Lipinski definition) is 3. The highest BCUT2D eigenvalue weighted by molar-refractivity contribution is 5.90. The van der Waals surface area contributed by atoms with Crippen LogP contribution in [0.5, 0.6) is 11.5 Å². The molecule has 232 valence electrons. The fourth-order valence-corrected chi connectivity index (χ4v) is 5.63. The van der Waals surface area contributed by atoms with Crippen LogP contribution in [-0.4, -0.2) is 47.5 Å². The van der Waals surface area contributed by atoms with Crippen molar-refractivity contribution in [3.8, 4) is 11.5 Å². The van der Waals surface area contributed by atoms with Crippen molar-refractivity contribution in [2.24, 2.45) is 5.73 Å². The van der Waals surface area contributed by atoms with Crippen molar-refractivity contribution in [1.82, 2.24) is 15.2 Å². The molecule has 4 N–H and O–H groups in total. The van der Waals surface area contributed by atoms with Crippen molar-refractivity contribution in [1.29, 1.82) is 0 Å². The zero-order chi connectivity index (χ0) is 31.3. The predicted octanol–water partition coefficient (Wildman–Crippen LogP) is 5.69. The number of benzene rings is 3. The van der Waals surface area contributed by atoms with Gasteiger partial charge < -0.3 is 25.5 Å². The molecule has 0 saturated carbocycles. The number of aromatic amines is 1. The minimum absolute atomic E-state index is 0.275. The Bertz CT molecular complexity index is 1600. The van der Waals surface area contributed by atoms with Gasteiger partial charge in [0.25, 0.3) is 0 Å². The van der Waals surface area contributed by atoms with Gasteiger partial charge >= 0.3 is 12.1 Å².